The summed E-state index contributed by atoms with van der Waals surface area (Å²) in [6.45, 7) is 2.84. The molecule has 7 nitrogen and oxygen atoms in total. The number of ether oxygens (including phenoxy) is 3. The Bertz CT molecular complexity index is 698. The van der Waals surface area contributed by atoms with E-state index in [-0.39, 0.29) is 19.1 Å². The summed E-state index contributed by atoms with van der Waals surface area (Å²) in [5.41, 5.74) is 0.682. The molecule has 1 amide bonds. The number of carbonyl (C=O) groups excluding carboxylic acids is 1. The fourth-order valence-corrected chi connectivity index (χ4v) is 3.80. The molecule has 2 aromatic rings. The predicted molar refractivity (Wildman–Crippen MR) is 89.9 cm³/mol. The Hall–Kier alpha value is -1.74. The summed E-state index contributed by atoms with van der Waals surface area (Å²) >= 11 is 1.59. The molecule has 2 aliphatic heterocycles. The van der Waals surface area contributed by atoms with Crippen molar-refractivity contribution in [1.29, 1.82) is 0 Å². The lowest BCUT2D eigenvalue weighted by Gasteiger charge is -2.37. The molecule has 0 saturated carbocycles. The van der Waals surface area contributed by atoms with E-state index in [9.17, 15) is 4.79 Å². The number of amides is 1. The van der Waals surface area contributed by atoms with E-state index in [2.05, 4.69) is 5.16 Å². The first-order chi connectivity index (χ1) is 12.2. The Kier molecular flexibility index (Phi) is 4.85. The van der Waals surface area contributed by atoms with Crippen molar-refractivity contribution in [1.82, 2.24) is 10.1 Å². The number of rotatable bonds is 5. The van der Waals surface area contributed by atoms with Gasteiger partial charge in [-0.2, -0.15) is 0 Å². The van der Waals surface area contributed by atoms with E-state index < -0.39 is 5.79 Å². The van der Waals surface area contributed by atoms with E-state index in [4.69, 9.17) is 18.7 Å². The van der Waals surface area contributed by atoms with Gasteiger partial charge in [-0.3, -0.25) is 4.79 Å². The highest BCUT2D eigenvalue weighted by Gasteiger charge is 2.40. The van der Waals surface area contributed by atoms with Gasteiger partial charge in [-0.25, -0.2) is 0 Å². The monoisotopic (exact) mass is 364 g/mol. The van der Waals surface area contributed by atoms with Gasteiger partial charge in [0.05, 0.1) is 24.7 Å². The molecule has 1 spiro atoms. The molecule has 2 aliphatic rings. The first-order valence-corrected chi connectivity index (χ1v) is 9.25. The van der Waals surface area contributed by atoms with E-state index in [0.29, 0.717) is 44.8 Å². The topological polar surface area (TPSA) is 74.0 Å². The van der Waals surface area contributed by atoms with E-state index in [1.54, 1.807) is 16.2 Å². The predicted octanol–water partition coefficient (Wildman–Crippen LogP) is 2.29. The second kappa shape index (κ2) is 7.25. The lowest BCUT2D eigenvalue weighted by molar-refractivity contribution is -0.188. The highest BCUT2D eigenvalue weighted by atomic mass is 32.1. The van der Waals surface area contributed by atoms with Crippen LogP contribution in [0.25, 0.3) is 10.6 Å². The number of thiophene rings is 1. The van der Waals surface area contributed by atoms with Gasteiger partial charge in [0.15, 0.2) is 11.5 Å². The van der Waals surface area contributed by atoms with Crippen molar-refractivity contribution in [2.45, 2.75) is 25.2 Å². The molecule has 0 bridgehead atoms. The minimum Gasteiger partial charge on any atom is -0.365 e. The third-order valence-electron chi connectivity index (χ3n) is 4.49. The normalized spacial score (nSPS) is 19.6. The standard InChI is InChI=1S/C17H20N2O5S/c20-16(19-5-3-17(4-6-19)22-7-8-23-17)12-21-11-13-10-14(24-18-13)15-2-1-9-25-15/h1-2,9-10H,3-8,11-12H2. The number of likely N-dealkylation sites (tertiary alicyclic amines) is 1. The Morgan fingerprint density at radius 3 is 2.84 bits per heavy atom. The first kappa shape index (κ1) is 16.7. The van der Waals surface area contributed by atoms with Gasteiger partial charge in [-0.15, -0.1) is 11.3 Å². The third kappa shape index (κ3) is 3.77. The van der Waals surface area contributed by atoms with Crippen LogP contribution in [-0.2, 0) is 25.6 Å². The van der Waals surface area contributed by atoms with Crippen LogP contribution in [0.15, 0.2) is 28.1 Å². The number of piperidine rings is 1. The van der Waals surface area contributed by atoms with Crippen molar-refractivity contribution >= 4 is 17.2 Å². The van der Waals surface area contributed by atoms with Gasteiger partial charge < -0.3 is 23.6 Å². The molecule has 0 atom stereocenters. The lowest BCUT2D eigenvalue weighted by Crippen LogP contribution is -2.48. The van der Waals surface area contributed by atoms with Crippen LogP contribution in [-0.4, -0.2) is 54.7 Å². The number of carbonyl (C=O) groups is 1. The lowest BCUT2D eigenvalue weighted by atomic mass is 10.0. The molecule has 8 heteroatoms. The SMILES string of the molecule is O=C(COCc1cc(-c2cccs2)on1)N1CCC2(CC1)OCCO2. The number of hydrogen-bond donors (Lipinski definition) is 0. The summed E-state index contributed by atoms with van der Waals surface area (Å²) in [5, 5.41) is 5.96. The fraction of sp³-hybridized carbons (Fsp3) is 0.529. The first-order valence-electron chi connectivity index (χ1n) is 8.37. The maximum atomic E-state index is 12.3. The molecule has 4 rings (SSSR count). The van der Waals surface area contributed by atoms with Crippen LogP contribution in [0.1, 0.15) is 18.5 Å². The van der Waals surface area contributed by atoms with Crippen LogP contribution in [0.3, 0.4) is 0 Å². The maximum absolute atomic E-state index is 12.3. The van der Waals surface area contributed by atoms with Gasteiger partial charge in [-0.05, 0) is 11.4 Å². The molecule has 2 aromatic heterocycles. The summed E-state index contributed by atoms with van der Waals surface area (Å²) in [6.07, 6.45) is 1.43. The van der Waals surface area contributed by atoms with Crippen molar-refractivity contribution in [2.24, 2.45) is 0 Å². The maximum Gasteiger partial charge on any atom is 0.248 e. The molecule has 0 aliphatic carbocycles. The van der Waals surface area contributed by atoms with Crippen molar-refractivity contribution in [2.75, 3.05) is 32.9 Å². The fourth-order valence-electron chi connectivity index (χ4n) is 3.13. The van der Waals surface area contributed by atoms with Crippen molar-refractivity contribution in [3.63, 3.8) is 0 Å². The molecular formula is C17H20N2O5S. The minimum absolute atomic E-state index is 0.0187. The van der Waals surface area contributed by atoms with Crippen LogP contribution in [0, 0.1) is 0 Å². The summed E-state index contributed by atoms with van der Waals surface area (Å²) in [7, 11) is 0. The number of aromatic nitrogens is 1. The summed E-state index contributed by atoms with van der Waals surface area (Å²) in [4.78, 5) is 15.1. The molecule has 0 aromatic carbocycles. The van der Waals surface area contributed by atoms with Crippen LogP contribution in [0.5, 0.6) is 0 Å². The molecule has 0 radical (unpaired) electrons. The summed E-state index contributed by atoms with van der Waals surface area (Å²) in [5.74, 6) is 0.240. The van der Waals surface area contributed by atoms with Gasteiger partial charge in [0.25, 0.3) is 0 Å². The Balaban J connectivity index is 1.22. The Morgan fingerprint density at radius 2 is 2.12 bits per heavy atom. The second-order valence-electron chi connectivity index (χ2n) is 6.14. The highest BCUT2D eigenvalue weighted by molar-refractivity contribution is 7.13. The number of nitrogens with zero attached hydrogens (tertiary/aromatic N) is 2. The Labute approximate surface area is 149 Å². The average molecular weight is 364 g/mol. The van der Waals surface area contributed by atoms with E-state index in [1.165, 1.54) is 0 Å². The summed E-state index contributed by atoms with van der Waals surface area (Å²) in [6, 6.07) is 5.78. The van der Waals surface area contributed by atoms with Crippen molar-refractivity contribution in [3.05, 3.63) is 29.3 Å². The average Bonchev–Trinajstić information content (AvgIpc) is 3.37. The molecule has 0 N–H and O–H groups in total. The quantitative estimate of drug-likeness (QED) is 0.810. The molecular weight excluding hydrogens is 344 g/mol. The Morgan fingerprint density at radius 1 is 1.32 bits per heavy atom. The molecule has 2 fully saturated rings. The van der Waals surface area contributed by atoms with E-state index in [0.717, 1.165) is 10.6 Å². The largest absolute Gasteiger partial charge is 0.365 e. The molecule has 134 valence electrons. The van der Waals surface area contributed by atoms with Gasteiger partial charge in [0.1, 0.15) is 12.3 Å². The van der Waals surface area contributed by atoms with E-state index >= 15 is 0 Å². The van der Waals surface area contributed by atoms with Gasteiger partial charge in [0.2, 0.25) is 5.91 Å². The molecule has 25 heavy (non-hydrogen) atoms. The zero-order chi connectivity index (χ0) is 17.1. The van der Waals surface area contributed by atoms with Crippen LogP contribution in [0.4, 0.5) is 0 Å². The minimum atomic E-state index is -0.462. The van der Waals surface area contributed by atoms with Crippen LogP contribution >= 0.6 is 11.3 Å². The zero-order valence-corrected chi connectivity index (χ0v) is 14.6. The molecule has 2 saturated heterocycles. The highest BCUT2D eigenvalue weighted by Crippen LogP contribution is 2.31. The molecule has 0 unspecified atom stereocenters. The molecule has 4 heterocycles. The van der Waals surface area contributed by atoms with Crippen molar-refractivity contribution < 1.29 is 23.5 Å². The number of hydrogen-bond acceptors (Lipinski definition) is 7. The third-order valence-corrected chi connectivity index (χ3v) is 5.37. The van der Waals surface area contributed by atoms with Crippen molar-refractivity contribution in [3.8, 4) is 10.6 Å². The summed E-state index contributed by atoms with van der Waals surface area (Å²) < 4.78 is 22.1. The van der Waals surface area contributed by atoms with Crippen LogP contribution in [0.2, 0.25) is 0 Å². The second-order valence-corrected chi connectivity index (χ2v) is 7.09. The smallest absolute Gasteiger partial charge is 0.248 e. The van der Waals surface area contributed by atoms with Gasteiger partial charge in [-0.1, -0.05) is 11.2 Å². The zero-order valence-electron chi connectivity index (χ0n) is 13.8. The van der Waals surface area contributed by atoms with Gasteiger partial charge in [0, 0.05) is 32.0 Å². The van der Waals surface area contributed by atoms with E-state index in [1.807, 2.05) is 23.6 Å². The van der Waals surface area contributed by atoms with Gasteiger partial charge >= 0.3 is 0 Å². The van der Waals surface area contributed by atoms with Crippen LogP contribution < -0.4 is 0 Å².